The lowest BCUT2D eigenvalue weighted by atomic mass is 10.2. The molecule has 0 aromatic heterocycles. The molecule has 2 aromatic carbocycles. The van der Waals surface area contributed by atoms with E-state index in [1.807, 2.05) is 44.2 Å². The van der Waals surface area contributed by atoms with Crippen LogP contribution in [0.3, 0.4) is 0 Å². The van der Waals surface area contributed by atoms with Crippen LogP contribution < -0.4 is 11.1 Å². The van der Waals surface area contributed by atoms with Crippen LogP contribution in [0.5, 0.6) is 0 Å². The molecule has 0 aliphatic carbocycles. The Kier molecular flexibility index (Phi) is 4.82. The van der Waals surface area contributed by atoms with Crippen molar-refractivity contribution in [2.24, 2.45) is 0 Å². The minimum absolute atomic E-state index is 0.110. The van der Waals surface area contributed by atoms with Gasteiger partial charge >= 0.3 is 6.03 Å². The van der Waals surface area contributed by atoms with Gasteiger partial charge in [-0.1, -0.05) is 30.3 Å². The van der Waals surface area contributed by atoms with E-state index in [1.54, 1.807) is 29.2 Å². The molecule has 0 bridgehead atoms. The highest BCUT2D eigenvalue weighted by Gasteiger charge is 2.17. The molecule has 0 saturated carbocycles. The van der Waals surface area contributed by atoms with Crippen molar-refractivity contribution in [1.82, 2.24) is 4.90 Å². The fourth-order valence-corrected chi connectivity index (χ4v) is 2.03. The number of nitrogens with zero attached hydrogens (tertiary/aromatic N) is 1. The molecule has 3 N–H and O–H groups in total. The number of rotatable bonds is 4. The van der Waals surface area contributed by atoms with Crippen LogP contribution in [0.1, 0.15) is 19.4 Å². The summed E-state index contributed by atoms with van der Waals surface area (Å²) in [5.41, 5.74) is 8.18. The van der Waals surface area contributed by atoms with Crippen LogP contribution in [0.4, 0.5) is 16.2 Å². The summed E-state index contributed by atoms with van der Waals surface area (Å²) in [7, 11) is 0. The Morgan fingerprint density at radius 3 is 2.29 bits per heavy atom. The third-order valence-corrected chi connectivity index (χ3v) is 3.24. The summed E-state index contributed by atoms with van der Waals surface area (Å²) in [6, 6.07) is 17.1. The van der Waals surface area contributed by atoms with E-state index in [0.29, 0.717) is 12.2 Å². The molecular weight excluding hydrogens is 262 g/mol. The van der Waals surface area contributed by atoms with Crippen molar-refractivity contribution in [3.63, 3.8) is 0 Å². The molecule has 2 rings (SSSR count). The summed E-state index contributed by atoms with van der Waals surface area (Å²) in [6.45, 7) is 4.59. The van der Waals surface area contributed by atoms with Gasteiger partial charge in [-0.3, -0.25) is 0 Å². The normalized spacial score (nSPS) is 10.4. The van der Waals surface area contributed by atoms with Gasteiger partial charge in [0, 0.05) is 24.0 Å². The minimum Gasteiger partial charge on any atom is -0.399 e. The molecule has 0 atom stereocenters. The topological polar surface area (TPSA) is 58.4 Å². The van der Waals surface area contributed by atoms with Crippen molar-refractivity contribution in [3.8, 4) is 0 Å². The minimum atomic E-state index is -0.112. The Hall–Kier alpha value is -2.49. The number of nitrogens with two attached hydrogens (primary N) is 1. The molecular formula is C17H21N3O. The maximum atomic E-state index is 12.4. The van der Waals surface area contributed by atoms with Crippen LogP contribution in [0, 0.1) is 0 Å². The van der Waals surface area contributed by atoms with Crippen molar-refractivity contribution in [2.45, 2.75) is 26.4 Å². The summed E-state index contributed by atoms with van der Waals surface area (Å²) in [5, 5.41) is 2.90. The summed E-state index contributed by atoms with van der Waals surface area (Å²) in [4.78, 5) is 14.2. The summed E-state index contributed by atoms with van der Waals surface area (Å²) < 4.78 is 0. The van der Waals surface area contributed by atoms with Gasteiger partial charge in [-0.05, 0) is 43.7 Å². The molecule has 4 heteroatoms. The number of carbonyl (C=O) groups excluding carboxylic acids is 1. The summed E-state index contributed by atoms with van der Waals surface area (Å²) >= 11 is 0. The molecule has 0 unspecified atom stereocenters. The largest absolute Gasteiger partial charge is 0.399 e. The van der Waals surface area contributed by atoms with E-state index >= 15 is 0 Å². The molecule has 0 radical (unpaired) electrons. The second kappa shape index (κ2) is 6.79. The van der Waals surface area contributed by atoms with Gasteiger partial charge in [0.05, 0.1) is 0 Å². The SMILES string of the molecule is CC(C)N(Cc1ccccc1)C(=O)Nc1ccc(N)cc1. The highest BCUT2D eigenvalue weighted by atomic mass is 16.2. The fourth-order valence-electron chi connectivity index (χ4n) is 2.03. The zero-order valence-corrected chi connectivity index (χ0v) is 12.4. The smallest absolute Gasteiger partial charge is 0.322 e. The Labute approximate surface area is 125 Å². The maximum Gasteiger partial charge on any atom is 0.322 e. The van der Waals surface area contributed by atoms with Gasteiger partial charge in [0.2, 0.25) is 0 Å². The average molecular weight is 283 g/mol. The second-order valence-corrected chi connectivity index (χ2v) is 5.26. The van der Waals surface area contributed by atoms with Gasteiger partial charge < -0.3 is 16.0 Å². The molecule has 2 amide bonds. The van der Waals surface area contributed by atoms with Crippen LogP contribution in [0.15, 0.2) is 54.6 Å². The van der Waals surface area contributed by atoms with Gasteiger partial charge in [0.1, 0.15) is 0 Å². The van der Waals surface area contributed by atoms with Gasteiger partial charge in [0.25, 0.3) is 0 Å². The highest BCUT2D eigenvalue weighted by molar-refractivity contribution is 5.89. The Balaban J connectivity index is 2.07. The van der Waals surface area contributed by atoms with Crippen molar-refractivity contribution in [2.75, 3.05) is 11.1 Å². The molecule has 21 heavy (non-hydrogen) atoms. The van der Waals surface area contributed by atoms with E-state index in [4.69, 9.17) is 5.73 Å². The Morgan fingerprint density at radius 2 is 1.71 bits per heavy atom. The standard InChI is InChI=1S/C17H21N3O/c1-13(2)20(12-14-6-4-3-5-7-14)17(21)19-16-10-8-15(18)9-11-16/h3-11,13H,12,18H2,1-2H3,(H,19,21). The summed E-state index contributed by atoms with van der Waals surface area (Å²) in [6.07, 6.45) is 0. The first-order valence-electron chi connectivity index (χ1n) is 7.03. The Morgan fingerprint density at radius 1 is 1.10 bits per heavy atom. The molecule has 0 heterocycles. The van der Waals surface area contributed by atoms with Gasteiger partial charge in [0.15, 0.2) is 0 Å². The van der Waals surface area contributed by atoms with Crippen LogP contribution >= 0.6 is 0 Å². The van der Waals surface area contributed by atoms with Gasteiger partial charge in [-0.25, -0.2) is 4.79 Å². The van der Waals surface area contributed by atoms with E-state index in [9.17, 15) is 4.79 Å². The lowest BCUT2D eigenvalue weighted by molar-refractivity contribution is 0.193. The van der Waals surface area contributed by atoms with E-state index in [1.165, 1.54) is 0 Å². The molecule has 4 nitrogen and oxygen atoms in total. The zero-order chi connectivity index (χ0) is 15.2. The first-order valence-corrected chi connectivity index (χ1v) is 7.03. The quantitative estimate of drug-likeness (QED) is 0.840. The number of hydrogen-bond donors (Lipinski definition) is 2. The number of nitrogen functional groups attached to an aromatic ring is 1. The number of benzene rings is 2. The predicted octanol–water partition coefficient (Wildman–Crippen LogP) is 3.71. The monoisotopic (exact) mass is 283 g/mol. The third kappa shape index (κ3) is 4.24. The molecule has 0 saturated heterocycles. The van der Waals surface area contributed by atoms with Gasteiger partial charge in [-0.15, -0.1) is 0 Å². The predicted molar refractivity (Wildman–Crippen MR) is 87.0 cm³/mol. The molecule has 2 aromatic rings. The van der Waals surface area contributed by atoms with E-state index < -0.39 is 0 Å². The lowest BCUT2D eigenvalue weighted by Gasteiger charge is -2.27. The van der Waals surface area contributed by atoms with E-state index in [-0.39, 0.29) is 12.1 Å². The van der Waals surface area contributed by atoms with Crippen molar-refractivity contribution in [3.05, 3.63) is 60.2 Å². The van der Waals surface area contributed by atoms with Crippen LogP contribution in [-0.2, 0) is 6.54 Å². The number of anilines is 2. The summed E-state index contributed by atoms with van der Waals surface area (Å²) in [5.74, 6) is 0. The maximum absolute atomic E-state index is 12.4. The fraction of sp³-hybridized carbons (Fsp3) is 0.235. The first kappa shape index (κ1) is 14.9. The Bertz CT molecular complexity index is 579. The van der Waals surface area contributed by atoms with Crippen LogP contribution in [0.25, 0.3) is 0 Å². The number of nitrogens with one attached hydrogen (secondary N) is 1. The lowest BCUT2D eigenvalue weighted by Crippen LogP contribution is -2.39. The molecule has 0 aliphatic rings. The van der Waals surface area contributed by atoms with E-state index in [2.05, 4.69) is 5.32 Å². The first-order chi connectivity index (χ1) is 10.1. The number of urea groups is 1. The number of amides is 2. The average Bonchev–Trinajstić information content (AvgIpc) is 2.48. The van der Waals surface area contributed by atoms with Crippen LogP contribution in [-0.4, -0.2) is 17.0 Å². The highest BCUT2D eigenvalue weighted by Crippen LogP contribution is 2.14. The number of carbonyl (C=O) groups is 1. The van der Waals surface area contributed by atoms with Crippen molar-refractivity contribution in [1.29, 1.82) is 0 Å². The van der Waals surface area contributed by atoms with Crippen LogP contribution in [0.2, 0.25) is 0 Å². The third-order valence-electron chi connectivity index (χ3n) is 3.24. The molecule has 0 spiro atoms. The zero-order valence-electron chi connectivity index (χ0n) is 12.4. The van der Waals surface area contributed by atoms with Crippen molar-refractivity contribution >= 4 is 17.4 Å². The van der Waals surface area contributed by atoms with Crippen molar-refractivity contribution < 1.29 is 4.79 Å². The molecule has 110 valence electrons. The number of hydrogen-bond acceptors (Lipinski definition) is 2. The second-order valence-electron chi connectivity index (χ2n) is 5.26. The molecule has 0 aliphatic heterocycles. The van der Waals surface area contributed by atoms with E-state index in [0.717, 1.165) is 11.3 Å². The van der Waals surface area contributed by atoms with Gasteiger partial charge in [-0.2, -0.15) is 0 Å². The molecule has 0 fully saturated rings.